The minimum atomic E-state index is -0.0458. The summed E-state index contributed by atoms with van der Waals surface area (Å²) in [5.74, 6) is 0. The van der Waals surface area contributed by atoms with Crippen molar-refractivity contribution in [1.82, 2.24) is 14.8 Å². The summed E-state index contributed by atoms with van der Waals surface area (Å²) in [5, 5.41) is 4.16. The predicted molar refractivity (Wildman–Crippen MR) is 46.1 cm³/mol. The molecule has 0 saturated carbocycles. The lowest BCUT2D eigenvalue weighted by Crippen LogP contribution is -2.07. The standard InChI is InChI=1S/C8H9N3O/c1-5-3-6-7(9-8(5)12)4-11(2)10-6/h3-4H,1-2H3,(H,9,12). The number of pyridine rings is 1. The van der Waals surface area contributed by atoms with E-state index in [1.165, 1.54) is 0 Å². The molecule has 0 aliphatic heterocycles. The number of nitrogens with zero attached hydrogens (tertiary/aromatic N) is 2. The van der Waals surface area contributed by atoms with Crippen molar-refractivity contribution < 1.29 is 0 Å². The molecule has 0 aliphatic carbocycles. The second-order valence-electron chi connectivity index (χ2n) is 2.88. The summed E-state index contributed by atoms with van der Waals surface area (Å²) in [6, 6.07) is 1.79. The van der Waals surface area contributed by atoms with E-state index in [-0.39, 0.29) is 5.56 Å². The van der Waals surface area contributed by atoms with Gasteiger partial charge in [-0.05, 0) is 13.0 Å². The quantitative estimate of drug-likeness (QED) is 0.617. The van der Waals surface area contributed by atoms with Gasteiger partial charge in [-0.2, -0.15) is 5.10 Å². The lowest BCUT2D eigenvalue weighted by molar-refractivity contribution is 0.779. The first-order valence-electron chi connectivity index (χ1n) is 3.70. The van der Waals surface area contributed by atoms with Gasteiger partial charge in [0, 0.05) is 18.8 Å². The Hall–Kier alpha value is -1.58. The number of aromatic nitrogens is 3. The van der Waals surface area contributed by atoms with Gasteiger partial charge >= 0.3 is 0 Å². The van der Waals surface area contributed by atoms with Crippen LogP contribution in [-0.2, 0) is 7.05 Å². The summed E-state index contributed by atoms with van der Waals surface area (Å²) in [5.41, 5.74) is 2.26. The number of nitrogens with one attached hydrogen (secondary N) is 1. The van der Waals surface area contributed by atoms with Crippen LogP contribution < -0.4 is 5.56 Å². The molecule has 0 atom stereocenters. The van der Waals surface area contributed by atoms with E-state index >= 15 is 0 Å². The molecular formula is C8H9N3O. The fourth-order valence-electron chi connectivity index (χ4n) is 1.20. The van der Waals surface area contributed by atoms with Crippen LogP contribution >= 0.6 is 0 Å². The minimum Gasteiger partial charge on any atom is -0.319 e. The van der Waals surface area contributed by atoms with E-state index in [4.69, 9.17) is 0 Å². The van der Waals surface area contributed by atoms with E-state index in [2.05, 4.69) is 10.1 Å². The average molecular weight is 163 g/mol. The van der Waals surface area contributed by atoms with Crippen molar-refractivity contribution in [2.24, 2.45) is 7.05 Å². The number of H-pyrrole nitrogens is 1. The van der Waals surface area contributed by atoms with Crippen molar-refractivity contribution in [3.8, 4) is 0 Å². The predicted octanol–water partition coefficient (Wildman–Crippen LogP) is 0.570. The maximum atomic E-state index is 11.1. The summed E-state index contributed by atoms with van der Waals surface area (Å²) in [6.45, 7) is 1.77. The Morgan fingerprint density at radius 3 is 3.08 bits per heavy atom. The number of hydrogen-bond acceptors (Lipinski definition) is 2. The number of hydrogen-bond donors (Lipinski definition) is 1. The Morgan fingerprint density at radius 1 is 1.58 bits per heavy atom. The molecule has 0 fully saturated rings. The van der Waals surface area contributed by atoms with Crippen LogP contribution in [0.4, 0.5) is 0 Å². The fraction of sp³-hybridized carbons (Fsp3) is 0.250. The molecule has 4 nitrogen and oxygen atoms in total. The van der Waals surface area contributed by atoms with Gasteiger partial charge in [-0.25, -0.2) is 0 Å². The van der Waals surface area contributed by atoms with E-state index in [0.29, 0.717) is 5.56 Å². The minimum absolute atomic E-state index is 0.0458. The van der Waals surface area contributed by atoms with Crippen LogP contribution in [0.15, 0.2) is 17.1 Å². The molecule has 0 aromatic carbocycles. The van der Waals surface area contributed by atoms with E-state index < -0.39 is 0 Å². The summed E-state index contributed by atoms with van der Waals surface area (Å²) in [4.78, 5) is 13.9. The van der Waals surface area contributed by atoms with E-state index in [1.807, 2.05) is 7.05 Å². The van der Waals surface area contributed by atoms with E-state index in [0.717, 1.165) is 11.0 Å². The SMILES string of the molecule is Cc1cc2nn(C)cc2[nH]c1=O. The maximum Gasteiger partial charge on any atom is 0.251 e. The number of fused-ring (bicyclic) bond motifs is 1. The number of aromatic amines is 1. The Morgan fingerprint density at radius 2 is 2.33 bits per heavy atom. The molecule has 0 unspecified atom stereocenters. The highest BCUT2D eigenvalue weighted by molar-refractivity contribution is 5.73. The van der Waals surface area contributed by atoms with Crippen LogP contribution in [0.25, 0.3) is 11.0 Å². The molecule has 2 aromatic heterocycles. The molecule has 0 amide bonds. The van der Waals surface area contributed by atoms with Crippen molar-refractivity contribution in [2.45, 2.75) is 6.92 Å². The molecular weight excluding hydrogens is 154 g/mol. The molecule has 2 heterocycles. The van der Waals surface area contributed by atoms with Gasteiger partial charge in [-0.15, -0.1) is 0 Å². The van der Waals surface area contributed by atoms with Gasteiger partial charge < -0.3 is 4.98 Å². The molecule has 0 aliphatic rings. The van der Waals surface area contributed by atoms with Crippen molar-refractivity contribution in [1.29, 1.82) is 0 Å². The Bertz CT molecular complexity index is 480. The summed E-state index contributed by atoms with van der Waals surface area (Å²) >= 11 is 0. The van der Waals surface area contributed by atoms with Crippen LogP contribution in [0, 0.1) is 6.92 Å². The number of rotatable bonds is 0. The van der Waals surface area contributed by atoms with Crippen LogP contribution in [0.1, 0.15) is 5.56 Å². The van der Waals surface area contributed by atoms with Crippen LogP contribution in [0.5, 0.6) is 0 Å². The van der Waals surface area contributed by atoms with Crippen molar-refractivity contribution in [3.63, 3.8) is 0 Å². The molecule has 12 heavy (non-hydrogen) atoms. The van der Waals surface area contributed by atoms with E-state index in [1.54, 1.807) is 23.9 Å². The first kappa shape index (κ1) is 7.09. The molecule has 0 saturated heterocycles. The lowest BCUT2D eigenvalue weighted by Gasteiger charge is -1.89. The van der Waals surface area contributed by atoms with Crippen LogP contribution in [0.2, 0.25) is 0 Å². The van der Waals surface area contributed by atoms with Crippen LogP contribution in [0.3, 0.4) is 0 Å². The Kier molecular flexibility index (Phi) is 1.30. The third-order valence-electron chi connectivity index (χ3n) is 1.82. The van der Waals surface area contributed by atoms with Crippen molar-refractivity contribution in [2.75, 3.05) is 0 Å². The summed E-state index contributed by atoms with van der Waals surface area (Å²) in [6.07, 6.45) is 1.79. The van der Waals surface area contributed by atoms with Gasteiger partial charge in [0.15, 0.2) is 0 Å². The third kappa shape index (κ3) is 0.922. The average Bonchev–Trinajstić information content (AvgIpc) is 2.30. The molecule has 0 bridgehead atoms. The van der Waals surface area contributed by atoms with Gasteiger partial charge in [0.25, 0.3) is 5.56 Å². The smallest absolute Gasteiger partial charge is 0.251 e. The Labute approximate surface area is 68.8 Å². The molecule has 0 radical (unpaired) electrons. The summed E-state index contributed by atoms with van der Waals surface area (Å²) in [7, 11) is 1.83. The zero-order valence-electron chi connectivity index (χ0n) is 6.96. The lowest BCUT2D eigenvalue weighted by atomic mass is 10.3. The molecule has 2 rings (SSSR count). The highest BCUT2D eigenvalue weighted by atomic mass is 16.1. The molecule has 62 valence electrons. The maximum absolute atomic E-state index is 11.1. The van der Waals surface area contributed by atoms with Crippen molar-refractivity contribution in [3.05, 3.63) is 28.2 Å². The molecule has 0 spiro atoms. The largest absolute Gasteiger partial charge is 0.319 e. The highest BCUT2D eigenvalue weighted by Gasteiger charge is 2.00. The fourth-order valence-corrected chi connectivity index (χ4v) is 1.20. The first-order valence-corrected chi connectivity index (χ1v) is 3.70. The Balaban J connectivity index is 2.92. The van der Waals surface area contributed by atoms with Crippen LogP contribution in [-0.4, -0.2) is 14.8 Å². The second kappa shape index (κ2) is 2.20. The van der Waals surface area contributed by atoms with Gasteiger partial charge in [-0.3, -0.25) is 9.48 Å². The van der Waals surface area contributed by atoms with E-state index in [9.17, 15) is 4.79 Å². The molecule has 1 N–H and O–H groups in total. The normalized spacial score (nSPS) is 10.8. The zero-order valence-corrected chi connectivity index (χ0v) is 6.96. The number of aryl methyl sites for hydroxylation is 2. The highest BCUT2D eigenvalue weighted by Crippen LogP contribution is 2.06. The summed E-state index contributed by atoms with van der Waals surface area (Å²) < 4.78 is 1.68. The first-order chi connectivity index (χ1) is 5.66. The third-order valence-corrected chi connectivity index (χ3v) is 1.82. The molecule has 2 aromatic rings. The van der Waals surface area contributed by atoms with Gasteiger partial charge in [0.1, 0.15) is 5.52 Å². The zero-order chi connectivity index (χ0) is 8.72. The molecule has 4 heteroatoms. The monoisotopic (exact) mass is 163 g/mol. The second-order valence-corrected chi connectivity index (χ2v) is 2.88. The van der Waals surface area contributed by atoms with Gasteiger partial charge in [-0.1, -0.05) is 0 Å². The van der Waals surface area contributed by atoms with Crippen molar-refractivity contribution >= 4 is 11.0 Å². The van der Waals surface area contributed by atoms with Gasteiger partial charge in [0.05, 0.1) is 5.52 Å². The topological polar surface area (TPSA) is 50.7 Å². The van der Waals surface area contributed by atoms with Gasteiger partial charge in [0.2, 0.25) is 0 Å².